The number of nitrogens with zero attached hydrogens (tertiary/aromatic N) is 3. The van der Waals surface area contributed by atoms with Gasteiger partial charge >= 0.3 is 0 Å². The fourth-order valence-corrected chi connectivity index (χ4v) is 8.90. The second-order valence-corrected chi connectivity index (χ2v) is 18.5. The van der Waals surface area contributed by atoms with Crippen LogP contribution in [-0.4, -0.2) is 134 Å². The highest BCUT2D eigenvalue weighted by atomic mass is 16.5. The van der Waals surface area contributed by atoms with Crippen LogP contribution in [0.2, 0.25) is 0 Å². The molecule has 1 saturated heterocycles. The molecule has 1 aliphatic heterocycles. The van der Waals surface area contributed by atoms with Gasteiger partial charge in [0.1, 0.15) is 12.1 Å². The summed E-state index contributed by atoms with van der Waals surface area (Å²) in [5, 5.41) is 9.10. The SMILES string of the molecule is CCC(C)C(C(CC(=O)N1CCCC1C(OC)C(C)C(=O)NC(Cc1ccccc1)C(=O)NC1C=CC=C(N)C=C1)OC)N(C)C(=O)[C@@H](NC(=O)C(C(C)C)N(C)C(C)C)C(C)C. The average Bonchev–Trinajstić information content (AvgIpc) is 3.64. The van der Waals surface area contributed by atoms with Crippen molar-refractivity contribution in [3.8, 4) is 0 Å². The van der Waals surface area contributed by atoms with Crippen LogP contribution in [0.25, 0.3) is 0 Å². The molecule has 14 heteroatoms. The molecule has 14 nitrogen and oxygen atoms in total. The van der Waals surface area contributed by atoms with Gasteiger partial charge < -0.3 is 41.0 Å². The summed E-state index contributed by atoms with van der Waals surface area (Å²) in [5.41, 5.74) is 7.39. The van der Waals surface area contributed by atoms with Gasteiger partial charge in [0, 0.05) is 46.0 Å². The molecule has 5 amide bonds. The van der Waals surface area contributed by atoms with E-state index in [4.69, 9.17) is 15.2 Å². The molecule has 1 aromatic carbocycles. The summed E-state index contributed by atoms with van der Waals surface area (Å²) in [7, 11) is 6.76. The van der Waals surface area contributed by atoms with Crippen LogP contribution in [0.15, 0.2) is 66.4 Å². The predicted octanol–water partition coefficient (Wildman–Crippen LogP) is 4.59. The van der Waals surface area contributed by atoms with Gasteiger partial charge in [0.05, 0.1) is 48.7 Å². The van der Waals surface area contributed by atoms with Crippen molar-refractivity contribution in [3.63, 3.8) is 0 Å². The smallest absolute Gasteiger partial charge is 0.245 e. The third-order valence-corrected chi connectivity index (χ3v) is 13.0. The highest BCUT2D eigenvalue weighted by Gasteiger charge is 2.43. The molecule has 10 atom stereocenters. The summed E-state index contributed by atoms with van der Waals surface area (Å²) in [6.45, 7) is 18.3. The molecule has 0 bridgehead atoms. The molecule has 5 N–H and O–H groups in total. The zero-order valence-electron chi connectivity index (χ0n) is 40.3. The van der Waals surface area contributed by atoms with Gasteiger partial charge in [-0.15, -0.1) is 0 Å². The molecular weight excluding hydrogens is 799 g/mol. The van der Waals surface area contributed by atoms with E-state index in [1.165, 1.54) is 0 Å². The first-order valence-electron chi connectivity index (χ1n) is 22.9. The molecule has 0 saturated carbocycles. The number of rotatable bonds is 23. The monoisotopic (exact) mass is 878 g/mol. The lowest BCUT2D eigenvalue weighted by molar-refractivity contribution is -0.148. The molecule has 0 radical (unpaired) electrons. The number of ether oxygens (including phenoxy) is 2. The number of hydrogen-bond acceptors (Lipinski definition) is 9. The molecule has 9 unspecified atom stereocenters. The molecular formula is C49H79N7O7. The van der Waals surface area contributed by atoms with E-state index in [1.54, 1.807) is 62.3 Å². The number of nitrogens with one attached hydrogen (secondary N) is 3. The molecule has 63 heavy (non-hydrogen) atoms. The number of methoxy groups -OCH3 is 2. The number of likely N-dealkylation sites (N-methyl/N-ethyl adjacent to an activating group) is 2. The van der Waals surface area contributed by atoms with E-state index in [0.717, 1.165) is 18.4 Å². The zero-order valence-corrected chi connectivity index (χ0v) is 40.3. The highest BCUT2D eigenvalue weighted by Crippen LogP contribution is 2.30. The Kier molecular flexibility index (Phi) is 21.0. The van der Waals surface area contributed by atoms with Crippen LogP contribution in [-0.2, 0) is 39.9 Å². The van der Waals surface area contributed by atoms with Gasteiger partial charge in [0.15, 0.2) is 0 Å². The maximum absolute atomic E-state index is 14.5. The Balaban J connectivity index is 1.81. The summed E-state index contributed by atoms with van der Waals surface area (Å²) in [6.07, 6.45) is 9.85. The summed E-state index contributed by atoms with van der Waals surface area (Å²) in [5.74, 6) is -2.28. The molecule has 1 heterocycles. The Morgan fingerprint density at radius 1 is 0.873 bits per heavy atom. The van der Waals surface area contributed by atoms with Crippen LogP contribution in [0.1, 0.15) is 93.6 Å². The Morgan fingerprint density at radius 2 is 1.54 bits per heavy atom. The molecule has 1 aliphatic carbocycles. The third-order valence-electron chi connectivity index (χ3n) is 13.0. The topological polar surface area (TPSA) is 176 Å². The van der Waals surface area contributed by atoms with Crippen molar-refractivity contribution in [2.24, 2.45) is 29.4 Å². The van der Waals surface area contributed by atoms with E-state index in [9.17, 15) is 24.0 Å². The molecule has 0 aromatic heterocycles. The normalized spacial score (nSPS) is 20.3. The van der Waals surface area contributed by atoms with Crippen molar-refractivity contribution in [1.82, 2.24) is 30.7 Å². The number of likely N-dealkylation sites (tertiary alicyclic amines) is 1. The first-order valence-corrected chi connectivity index (χ1v) is 22.9. The van der Waals surface area contributed by atoms with Crippen molar-refractivity contribution in [3.05, 3.63) is 72.0 Å². The first-order chi connectivity index (χ1) is 29.8. The number of amides is 5. The third kappa shape index (κ3) is 14.5. The van der Waals surface area contributed by atoms with Crippen molar-refractivity contribution in [2.45, 2.75) is 149 Å². The lowest BCUT2D eigenvalue weighted by atomic mass is 9.89. The fraction of sp³-hybridized carbons (Fsp3) is 0.653. The van der Waals surface area contributed by atoms with Gasteiger partial charge in [-0.05, 0) is 69.2 Å². The van der Waals surface area contributed by atoms with Crippen LogP contribution in [0.4, 0.5) is 0 Å². The molecule has 2 aliphatic rings. The maximum atomic E-state index is 14.5. The number of hydrogen-bond donors (Lipinski definition) is 4. The van der Waals surface area contributed by atoms with Crippen molar-refractivity contribution in [1.29, 1.82) is 0 Å². The predicted molar refractivity (Wildman–Crippen MR) is 249 cm³/mol. The largest absolute Gasteiger partial charge is 0.399 e. The van der Waals surface area contributed by atoms with Crippen LogP contribution < -0.4 is 21.7 Å². The van der Waals surface area contributed by atoms with Gasteiger partial charge in [-0.1, -0.05) is 103 Å². The van der Waals surface area contributed by atoms with Gasteiger partial charge in [-0.25, -0.2) is 0 Å². The quantitative estimate of drug-likeness (QED) is 0.123. The summed E-state index contributed by atoms with van der Waals surface area (Å²) < 4.78 is 12.1. The first kappa shape index (κ1) is 52.8. The Hall–Kier alpha value is -4.53. The number of benzene rings is 1. The number of carbonyl (C=O) groups excluding carboxylic acids is 5. The van der Waals surface area contributed by atoms with Crippen LogP contribution >= 0.6 is 0 Å². The summed E-state index contributed by atoms with van der Waals surface area (Å²) >= 11 is 0. The van der Waals surface area contributed by atoms with Crippen LogP contribution in [0.5, 0.6) is 0 Å². The minimum atomic E-state index is -0.891. The lowest BCUT2D eigenvalue weighted by Crippen LogP contribution is -2.60. The van der Waals surface area contributed by atoms with Crippen molar-refractivity contribution < 1.29 is 33.4 Å². The standard InChI is InChI=1S/C49H79N7O7/c1-14-33(8)44(55(11)49(61)42(30(2)3)53-48(60)43(31(4)5)54(10)32(6)7)40(62-12)29-41(57)56-27-19-24-39(56)45(63-13)34(9)46(58)52-38(28-35-20-16-15-17-21-35)47(59)51-37-23-18-22-36(50)25-26-37/h15-18,20-23,25-26,30-34,37-40,42-45H,14,19,24,27-29,50H2,1-13H3,(H,51,59)(H,52,58)(H,53,60)/t33?,34?,37?,38?,39?,40?,42-,43?,44?,45?/m0/s1. The Morgan fingerprint density at radius 3 is 2.11 bits per heavy atom. The zero-order chi connectivity index (χ0) is 47.1. The van der Waals surface area contributed by atoms with E-state index in [0.29, 0.717) is 18.7 Å². The second-order valence-electron chi connectivity index (χ2n) is 18.5. The minimum Gasteiger partial charge on any atom is -0.399 e. The summed E-state index contributed by atoms with van der Waals surface area (Å²) in [4.78, 5) is 76.1. The minimum absolute atomic E-state index is 0.00546. The van der Waals surface area contributed by atoms with E-state index in [1.807, 2.05) is 104 Å². The number of nitrogens with two attached hydrogens (primary N) is 1. The van der Waals surface area contributed by atoms with Gasteiger partial charge in [0.25, 0.3) is 0 Å². The van der Waals surface area contributed by atoms with E-state index in [-0.39, 0.29) is 66.2 Å². The second kappa shape index (κ2) is 25.1. The van der Waals surface area contributed by atoms with Crippen molar-refractivity contribution in [2.75, 3.05) is 34.9 Å². The van der Waals surface area contributed by atoms with Crippen molar-refractivity contribution >= 4 is 29.5 Å². The van der Waals surface area contributed by atoms with E-state index >= 15 is 0 Å². The average molecular weight is 878 g/mol. The molecule has 0 spiro atoms. The van der Waals surface area contributed by atoms with Gasteiger partial charge in [-0.3, -0.25) is 28.9 Å². The molecule has 1 aromatic rings. The van der Waals surface area contributed by atoms with Gasteiger partial charge in [-0.2, -0.15) is 0 Å². The molecule has 352 valence electrons. The number of allylic oxidation sites excluding steroid dienone is 3. The van der Waals surface area contributed by atoms with Gasteiger partial charge in [0.2, 0.25) is 29.5 Å². The molecule has 3 rings (SSSR count). The fourth-order valence-electron chi connectivity index (χ4n) is 8.90. The Labute approximate surface area is 377 Å². The lowest BCUT2D eigenvalue weighted by Gasteiger charge is -2.41. The van der Waals surface area contributed by atoms with Crippen LogP contribution in [0, 0.1) is 23.7 Å². The Bertz CT molecular complexity index is 1750. The van der Waals surface area contributed by atoms with E-state index < -0.39 is 54.4 Å². The van der Waals surface area contributed by atoms with Crippen LogP contribution in [0.3, 0.4) is 0 Å². The van der Waals surface area contributed by atoms with E-state index in [2.05, 4.69) is 16.0 Å². The highest BCUT2D eigenvalue weighted by molar-refractivity contribution is 5.91. The summed E-state index contributed by atoms with van der Waals surface area (Å²) in [6, 6.07) is 6.21. The molecule has 1 fully saturated rings. The maximum Gasteiger partial charge on any atom is 0.245 e. The number of carbonyl (C=O) groups is 5.